The van der Waals surface area contributed by atoms with Gasteiger partial charge >= 0.3 is 0 Å². The molecule has 4 aromatic rings. The number of nitrogens with zero attached hydrogens (tertiary/aromatic N) is 5. The van der Waals surface area contributed by atoms with Crippen LogP contribution in [0.25, 0.3) is 22.0 Å². The van der Waals surface area contributed by atoms with Gasteiger partial charge in [-0.15, -0.1) is 0 Å². The molecule has 0 spiro atoms. The molecule has 1 atom stereocenters. The van der Waals surface area contributed by atoms with Crippen molar-refractivity contribution in [3.05, 3.63) is 65.7 Å². The first-order valence-corrected chi connectivity index (χ1v) is 16.5. The third kappa shape index (κ3) is 8.62. The lowest BCUT2D eigenvalue weighted by Crippen LogP contribution is -2.53. The van der Waals surface area contributed by atoms with Crippen LogP contribution in [-0.2, 0) is 26.9 Å². The van der Waals surface area contributed by atoms with Crippen LogP contribution in [0.5, 0.6) is 5.88 Å². The number of nitrogens with one attached hydrogen (secondary N) is 2. The van der Waals surface area contributed by atoms with E-state index in [4.69, 9.17) is 14.6 Å². The maximum atomic E-state index is 13.4. The fourth-order valence-corrected chi connectivity index (χ4v) is 6.39. The molecule has 3 aromatic heterocycles. The van der Waals surface area contributed by atoms with Gasteiger partial charge in [0.2, 0.25) is 5.88 Å². The molecule has 0 bridgehead atoms. The topological polar surface area (TPSA) is 171 Å². The average Bonchev–Trinajstić information content (AvgIpc) is 3.46. The highest BCUT2D eigenvalue weighted by molar-refractivity contribution is 7.89. The van der Waals surface area contributed by atoms with Crippen LogP contribution in [-0.4, -0.2) is 101 Å². The number of fused-ring (bicyclic) bond motifs is 1. The van der Waals surface area contributed by atoms with Gasteiger partial charge in [0.05, 0.1) is 36.0 Å². The largest absolute Gasteiger partial charge is 0.483 e. The van der Waals surface area contributed by atoms with Gasteiger partial charge < -0.3 is 15.2 Å². The average molecular weight is 638 g/mol. The van der Waals surface area contributed by atoms with E-state index in [0.29, 0.717) is 46.7 Å². The highest BCUT2D eigenvalue weighted by atomic mass is 32.2. The lowest BCUT2D eigenvalue weighted by Gasteiger charge is -2.42. The lowest BCUT2D eigenvalue weighted by molar-refractivity contribution is -0.122. The van der Waals surface area contributed by atoms with Crippen molar-refractivity contribution in [3.63, 3.8) is 0 Å². The molecule has 4 heterocycles. The van der Waals surface area contributed by atoms with E-state index in [2.05, 4.69) is 56.1 Å². The number of anilines is 1. The molecule has 1 saturated heterocycles. The van der Waals surface area contributed by atoms with Gasteiger partial charge in [0, 0.05) is 67.2 Å². The highest BCUT2D eigenvalue weighted by Crippen LogP contribution is 2.32. The molecular weight excluding hydrogens is 598 g/mol. The molecule has 3 N–H and O–H groups in total. The summed E-state index contributed by atoms with van der Waals surface area (Å²) < 4.78 is 29.3. The number of hydrogen-bond donors (Lipinski definition) is 3. The number of piperazine rings is 1. The van der Waals surface area contributed by atoms with Crippen molar-refractivity contribution >= 4 is 38.8 Å². The van der Waals surface area contributed by atoms with E-state index in [1.807, 2.05) is 24.3 Å². The second-order valence-corrected chi connectivity index (χ2v) is 13.4. The number of pyridine rings is 2. The van der Waals surface area contributed by atoms with Crippen LogP contribution >= 0.6 is 0 Å². The molecule has 13 nitrogen and oxygen atoms in total. The van der Waals surface area contributed by atoms with E-state index in [-0.39, 0.29) is 24.0 Å². The van der Waals surface area contributed by atoms with Crippen molar-refractivity contribution in [1.82, 2.24) is 30.0 Å². The number of aromatic nitrogens is 4. The fraction of sp³-hybridized carbons (Fsp3) is 0.387. The van der Waals surface area contributed by atoms with Crippen molar-refractivity contribution in [2.75, 3.05) is 38.3 Å². The first-order valence-electron chi connectivity index (χ1n) is 14.4. The standard InChI is InChI=1S/C30H37N7O4S.CH2O2/c1-19(2)37-10-9-36(16-20(37)3)17-24-7-6-8-26(33-24)29(38)34-27-12-21(13-28-25(27)15-32-35-28)22-11-23(18-42(5,39)40)30(41-4)31-14-22;2-1-3/h6-8,11-15,19-20H,9-10,16-18H2,1-5H3,(H,32,35)(H,34,38);1H,(H,2,3). The van der Waals surface area contributed by atoms with Gasteiger partial charge in [-0.1, -0.05) is 6.07 Å². The molecule has 1 unspecified atom stereocenters. The molecule has 240 valence electrons. The van der Waals surface area contributed by atoms with Crippen LogP contribution in [0.3, 0.4) is 0 Å². The van der Waals surface area contributed by atoms with E-state index < -0.39 is 9.84 Å². The Bertz CT molecular complexity index is 1760. The number of carbonyl (C=O) groups excluding carboxylic acids is 1. The zero-order chi connectivity index (χ0) is 32.7. The zero-order valence-corrected chi connectivity index (χ0v) is 26.8. The smallest absolute Gasteiger partial charge is 0.290 e. The van der Waals surface area contributed by atoms with Gasteiger partial charge in [-0.25, -0.2) is 18.4 Å². The van der Waals surface area contributed by atoms with Crippen molar-refractivity contribution in [3.8, 4) is 17.0 Å². The summed E-state index contributed by atoms with van der Waals surface area (Å²) in [5.41, 5.74) is 4.28. The SMILES string of the molecule is COc1ncc(-c2cc(NC(=O)c3cccc(CN4CCN(C(C)C)C(C)C4)n3)c3cn[nH]c3c2)cc1CS(C)(=O)=O.O=CO. The van der Waals surface area contributed by atoms with Crippen LogP contribution in [0.2, 0.25) is 0 Å². The molecule has 1 aliphatic rings. The predicted octanol–water partition coefficient (Wildman–Crippen LogP) is 3.44. The molecule has 5 rings (SSSR count). The summed E-state index contributed by atoms with van der Waals surface area (Å²) in [4.78, 5) is 35.7. The number of sulfone groups is 1. The second-order valence-electron chi connectivity index (χ2n) is 11.3. The lowest BCUT2D eigenvalue weighted by atomic mass is 10.0. The Morgan fingerprint density at radius 1 is 1.20 bits per heavy atom. The number of aromatic amines is 1. The van der Waals surface area contributed by atoms with E-state index >= 15 is 0 Å². The van der Waals surface area contributed by atoms with Crippen molar-refractivity contribution in [2.24, 2.45) is 0 Å². The minimum Gasteiger partial charge on any atom is -0.483 e. The molecule has 0 radical (unpaired) electrons. The first-order chi connectivity index (χ1) is 21.4. The van der Waals surface area contributed by atoms with E-state index in [0.717, 1.165) is 36.3 Å². The van der Waals surface area contributed by atoms with E-state index in [9.17, 15) is 13.2 Å². The molecule has 1 fully saturated rings. The number of carbonyl (C=O) groups is 2. The van der Waals surface area contributed by atoms with Crippen molar-refractivity contribution < 1.29 is 27.9 Å². The molecule has 1 aromatic carbocycles. The maximum Gasteiger partial charge on any atom is 0.290 e. The molecule has 1 amide bonds. The highest BCUT2D eigenvalue weighted by Gasteiger charge is 2.25. The summed E-state index contributed by atoms with van der Waals surface area (Å²) >= 11 is 0. The van der Waals surface area contributed by atoms with E-state index in [1.54, 1.807) is 24.5 Å². The van der Waals surface area contributed by atoms with Gasteiger partial charge in [0.25, 0.3) is 12.4 Å². The molecule has 0 saturated carbocycles. The summed E-state index contributed by atoms with van der Waals surface area (Å²) in [6, 6.07) is 11.9. The molecule has 1 aliphatic heterocycles. The molecular formula is C31H39N7O6S. The summed E-state index contributed by atoms with van der Waals surface area (Å²) in [6.45, 7) is 10.1. The quantitative estimate of drug-likeness (QED) is 0.230. The minimum atomic E-state index is -3.32. The van der Waals surface area contributed by atoms with Crippen molar-refractivity contribution in [1.29, 1.82) is 0 Å². The molecule has 0 aliphatic carbocycles. The number of carboxylic acid groups (broad SMARTS) is 1. The Morgan fingerprint density at radius 2 is 1.96 bits per heavy atom. The summed E-state index contributed by atoms with van der Waals surface area (Å²) in [7, 11) is -1.86. The normalized spacial score (nSPS) is 15.8. The van der Waals surface area contributed by atoms with Crippen LogP contribution in [0.15, 0.2) is 48.8 Å². The third-order valence-corrected chi connectivity index (χ3v) is 8.36. The molecule has 45 heavy (non-hydrogen) atoms. The first kappa shape index (κ1) is 33.5. The number of benzene rings is 1. The van der Waals surface area contributed by atoms with Gasteiger partial charge in [0.1, 0.15) is 5.69 Å². The Kier molecular flexibility index (Phi) is 10.9. The van der Waals surface area contributed by atoms with Crippen LogP contribution in [0.4, 0.5) is 5.69 Å². The Labute approximate surface area is 262 Å². The summed E-state index contributed by atoms with van der Waals surface area (Å²) in [6.07, 6.45) is 4.43. The predicted molar refractivity (Wildman–Crippen MR) is 172 cm³/mol. The Morgan fingerprint density at radius 3 is 2.62 bits per heavy atom. The van der Waals surface area contributed by atoms with Gasteiger partial charge in [0.15, 0.2) is 9.84 Å². The molecule has 14 heteroatoms. The van der Waals surface area contributed by atoms with Crippen molar-refractivity contribution in [2.45, 2.75) is 45.2 Å². The number of rotatable bonds is 9. The number of amides is 1. The van der Waals surface area contributed by atoms with E-state index in [1.165, 1.54) is 13.4 Å². The number of H-pyrrole nitrogens is 1. The summed E-state index contributed by atoms with van der Waals surface area (Å²) in [5, 5.41) is 17.7. The van der Waals surface area contributed by atoms with Gasteiger partial charge in [-0.05, 0) is 56.7 Å². The Hall–Kier alpha value is -4.40. The fourth-order valence-electron chi connectivity index (χ4n) is 5.61. The number of ether oxygens (including phenoxy) is 1. The maximum absolute atomic E-state index is 13.4. The minimum absolute atomic E-state index is 0.207. The Balaban J connectivity index is 0.00000148. The third-order valence-electron chi connectivity index (χ3n) is 7.53. The zero-order valence-electron chi connectivity index (χ0n) is 26.0. The van der Waals surface area contributed by atoms with Crippen LogP contribution in [0, 0.1) is 0 Å². The van der Waals surface area contributed by atoms with Crippen LogP contribution < -0.4 is 10.1 Å². The van der Waals surface area contributed by atoms with Crippen LogP contribution in [0.1, 0.15) is 42.5 Å². The monoisotopic (exact) mass is 637 g/mol. The van der Waals surface area contributed by atoms with Gasteiger partial charge in [-0.3, -0.25) is 24.5 Å². The van der Waals surface area contributed by atoms with Gasteiger partial charge in [-0.2, -0.15) is 5.10 Å². The number of hydrogen-bond acceptors (Lipinski definition) is 10. The summed E-state index contributed by atoms with van der Waals surface area (Å²) in [5.74, 6) is -0.288. The number of methoxy groups -OCH3 is 1. The second kappa shape index (κ2) is 14.6.